The Kier molecular flexibility index (Phi) is 5.21. The van der Waals surface area contributed by atoms with E-state index in [4.69, 9.17) is 11.6 Å². The molecule has 1 atom stereocenters. The fourth-order valence-corrected chi connectivity index (χ4v) is 1.65. The summed E-state index contributed by atoms with van der Waals surface area (Å²) in [4.78, 5) is 11.9. The molecule has 1 unspecified atom stereocenters. The van der Waals surface area contributed by atoms with E-state index < -0.39 is 0 Å². The summed E-state index contributed by atoms with van der Waals surface area (Å²) >= 11 is 5.72. The highest BCUT2D eigenvalue weighted by atomic mass is 35.5. The molecule has 1 amide bonds. The lowest BCUT2D eigenvalue weighted by atomic mass is 9.80. The predicted octanol–water partition coefficient (Wildman–Crippen LogP) is 4.44. The van der Waals surface area contributed by atoms with Crippen LogP contribution < -0.4 is 5.32 Å². The Morgan fingerprint density at radius 3 is 2.28 bits per heavy atom. The number of amides is 1. The molecule has 0 radical (unpaired) electrons. The molecule has 2 nitrogen and oxygen atoms in total. The lowest BCUT2D eigenvalue weighted by Crippen LogP contribution is -2.23. The van der Waals surface area contributed by atoms with Crippen LogP contribution in [0.4, 0.5) is 5.69 Å². The predicted molar refractivity (Wildman–Crippen MR) is 77.9 cm³/mol. The van der Waals surface area contributed by atoms with Gasteiger partial charge in [0.05, 0.1) is 0 Å². The summed E-state index contributed by atoms with van der Waals surface area (Å²) in [5.41, 5.74) is 2.03. The smallest absolute Gasteiger partial charge is 0.224 e. The summed E-state index contributed by atoms with van der Waals surface area (Å²) in [5, 5.41) is 2.91. The van der Waals surface area contributed by atoms with E-state index in [1.165, 1.54) is 0 Å². The van der Waals surface area contributed by atoms with E-state index in [-0.39, 0.29) is 11.3 Å². The maximum Gasteiger partial charge on any atom is 0.224 e. The number of halogens is 1. The van der Waals surface area contributed by atoms with Crippen molar-refractivity contribution in [3.05, 3.63) is 29.8 Å². The van der Waals surface area contributed by atoms with Crippen LogP contribution in [0.5, 0.6) is 0 Å². The molecule has 0 spiro atoms. The van der Waals surface area contributed by atoms with E-state index in [0.717, 1.165) is 11.3 Å². The summed E-state index contributed by atoms with van der Waals surface area (Å²) in [7, 11) is 0. The van der Waals surface area contributed by atoms with Crippen molar-refractivity contribution in [1.29, 1.82) is 0 Å². The van der Waals surface area contributed by atoms with Crippen LogP contribution >= 0.6 is 11.6 Å². The number of hydrogen-bond acceptors (Lipinski definition) is 1. The lowest BCUT2D eigenvalue weighted by molar-refractivity contribution is -0.117. The Labute approximate surface area is 115 Å². The number of carbonyl (C=O) groups excluding carboxylic acids is 1. The van der Waals surface area contributed by atoms with Crippen LogP contribution in [0.15, 0.2) is 24.3 Å². The molecule has 0 aromatic heterocycles. The van der Waals surface area contributed by atoms with E-state index in [1.807, 2.05) is 24.3 Å². The van der Waals surface area contributed by atoms with Gasteiger partial charge in [-0.3, -0.25) is 4.79 Å². The van der Waals surface area contributed by atoms with Gasteiger partial charge >= 0.3 is 0 Å². The Morgan fingerprint density at radius 2 is 1.83 bits per heavy atom. The molecule has 0 saturated carbocycles. The molecular weight excluding hydrogens is 246 g/mol. The van der Waals surface area contributed by atoms with Crippen LogP contribution in [0.1, 0.15) is 39.7 Å². The average molecular weight is 268 g/mol. The fraction of sp³-hybridized carbons (Fsp3) is 0.533. The largest absolute Gasteiger partial charge is 0.326 e. The fourth-order valence-electron chi connectivity index (χ4n) is 1.47. The van der Waals surface area contributed by atoms with Crippen LogP contribution in [-0.2, 0) is 10.7 Å². The summed E-state index contributed by atoms with van der Waals surface area (Å²) in [6.45, 7) is 8.57. The van der Waals surface area contributed by atoms with Crippen molar-refractivity contribution in [2.24, 2.45) is 11.3 Å². The number of hydrogen-bond donors (Lipinski definition) is 1. The number of nitrogens with one attached hydrogen (secondary N) is 1. The van der Waals surface area contributed by atoms with Crippen LogP contribution in [0.3, 0.4) is 0 Å². The molecule has 0 saturated heterocycles. The number of anilines is 1. The van der Waals surface area contributed by atoms with Gasteiger partial charge in [0, 0.05) is 18.0 Å². The highest BCUT2D eigenvalue weighted by Gasteiger charge is 2.22. The van der Waals surface area contributed by atoms with Gasteiger partial charge in [-0.05, 0) is 29.0 Å². The van der Waals surface area contributed by atoms with Gasteiger partial charge in [0.15, 0.2) is 0 Å². The standard InChI is InChI=1S/C15H22ClNO/c1-11(15(2,3)4)9-14(18)17-13-7-5-12(10-16)6-8-13/h5-8,11H,9-10H2,1-4H3,(H,17,18). The summed E-state index contributed by atoms with van der Waals surface area (Å²) in [5.74, 6) is 0.908. The normalized spacial score (nSPS) is 13.2. The second kappa shape index (κ2) is 6.24. The molecule has 18 heavy (non-hydrogen) atoms. The molecular formula is C15H22ClNO. The van der Waals surface area contributed by atoms with Gasteiger partial charge in [-0.1, -0.05) is 39.8 Å². The quantitative estimate of drug-likeness (QED) is 0.803. The second-order valence-corrected chi connectivity index (χ2v) is 6.12. The molecule has 0 aliphatic heterocycles. The third-order valence-corrected chi connectivity index (χ3v) is 3.67. The molecule has 0 heterocycles. The SMILES string of the molecule is CC(CC(=O)Nc1ccc(CCl)cc1)C(C)(C)C. The minimum Gasteiger partial charge on any atom is -0.326 e. The second-order valence-electron chi connectivity index (χ2n) is 5.85. The molecule has 3 heteroatoms. The third kappa shape index (κ3) is 4.69. The minimum absolute atomic E-state index is 0.0658. The lowest BCUT2D eigenvalue weighted by Gasteiger charge is -2.26. The molecule has 0 bridgehead atoms. The van der Waals surface area contributed by atoms with E-state index in [0.29, 0.717) is 18.2 Å². The van der Waals surface area contributed by atoms with Gasteiger partial charge in [-0.2, -0.15) is 0 Å². The first kappa shape index (κ1) is 15.0. The van der Waals surface area contributed by atoms with Gasteiger partial charge in [-0.25, -0.2) is 0 Å². The highest BCUT2D eigenvalue weighted by Crippen LogP contribution is 2.28. The zero-order valence-corrected chi connectivity index (χ0v) is 12.3. The summed E-state index contributed by atoms with van der Waals surface area (Å²) < 4.78 is 0. The summed E-state index contributed by atoms with van der Waals surface area (Å²) in [6.07, 6.45) is 0.542. The maximum absolute atomic E-state index is 11.9. The topological polar surface area (TPSA) is 29.1 Å². The molecule has 0 aliphatic rings. The molecule has 0 aliphatic carbocycles. The molecule has 1 aromatic carbocycles. The van der Waals surface area contributed by atoms with Gasteiger partial charge in [0.1, 0.15) is 0 Å². The molecule has 1 rings (SSSR count). The average Bonchev–Trinajstić information content (AvgIpc) is 2.28. The minimum atomic E-state index is 0.0658. The van der Waals surface area contributed by atoms with E-state index in [1.54, 1.807) is 0 Å². The van der Waals surface area contributed by atoms with Gasteiger partial charge in [-0.15, -0.1) is 11.6 Å². The Morgan fingerprint density at radius 1 is 1.28 bits per heavy atom. The third-order valence-electron chi connectivity index (χ3n) is 3.36. The first-order valence-electron chi connectivity index (χ1n) is 6.27. The van der Waals surface area contributed by atoms with Crippen molar-refractivity contribution in [3.63, 3.8) is 0 Å². The van der Waals surface area contributed by atoms with Crippen molar-refractivity contribution in [2.45, 2.75) is 40.0 Å². The molecule has 100 valence electrons. The van der Waals surface area contributed by atoms with Crippen molar-refractivity contribution in [3.8, 4) is 0 Å². The van der Waals surface area contributed by atoms with Crippen LogP contribution in [0.25, 0.3) is 0 Å². The zero-order chi connectivity index (χ0) is 13.8. The molecule has 1 N–H and O–H groups in total. The van der Waals surface area contributed by atoms with Crippen molar-refractivity contribution in [2.75, 3.05) is 5.32 Å². The Balaban J connectivity index is 2.54. The van der Waals surface area contributed by atoms with Gasteiger partial charge in [0.2, 0.25) is 5.91 Å². The molecule has 0 fully saturated rings. The first-order valence-corrected chi connectivity index (χ1v) is 6.81. The van der Waals surface area contributed by atoms with Gasteiger partial charge < -0.3 is 5.32 Å². The summed E-state index contributed by atoms with van der Waals surface area (Å²) in [6, 6.07) is 7.63. The van der Waals surface area contributed by atoms with Crippen molar-refractivity contribution < 1.29 is 4.79 Å². The maximum atomic E-state index is 11.9. The number of alkyl halides is 1. The van der Waals surface area contributed by atoms with Crippen LogP contribution in [0, 0.1) is 11.3 Å². The van der Waals surface area contributed by atoms with E-state index >= 15 is 0 Å². The monoisotopic (exact) mass is 267 g/mol. The molecule has 1 aromatic rings. The van der Waals surface area contributed by atoms with Crippen LogP contribution in [0.2, 0.25) is 0 Å². The number of rotatable bonds is 4. The highest BCUT2D eigenvalue weighted by molar-refractivity contribution is 6.17. The number of carbonyl (C=O) groups is 1. The van der Waals surface area contributed by atoms with E-state index in [2.05, 4.69) is 33.0 Å². The Hall–Kier alpha value is -1.02. The van der Waals surface area contributed by atoms with Crippen LogP contribution in [-0.4, -0.2) is 5.91 Å². The van der Waals surface area contributed by atoms with Crippen molar-refractivity contribution >= 4 is 23.2 Å². The zero-order valence-electron chi connectivity index (χ0n) is 11.6. The first-order chi connectivity index (χ1) is 8.32. The van der Waals surface area contributed by atoms with Gasteiger partial charge in [0.25, 0.3) is 0 Å². The number of benzene rings is 1. The van der Waals surface area contributed by atoms with E-state index in [9.17, 15) is 4.79 Å². The van der Waals surface area contributed by atoms with Crippen molar-refractivity contribution in [1.82, 2.24) is 0 Å². The Bertz CT molecular complexity index is 392.